The minimum Gasteiger partial charge on any atom is -0.444 e. The Morgan fingerprint density at radius 3 is 2.90 bits per heavy atom. The van der Waals surface area contributed by atoms with Gasteiger partial charge in [-0.05, 0) is 0 Å². The molecule has 0 radical (unpaired) electrons. The Morgan fingerprint density at radius 1 is 1.55 bits per heavy atom. The molecular weight excluding hydrogens is 289 g/mol. The number of anilines is 1. The van der Waals surface area contributed by atoms with Crippen LogP contribution < -0.4 is 5.32 Å². The average molecular weight is 300 g/mol. The second kappa shape index (κ2) is 5.87. The first-order chi connectivity index (χ1) is 9.51. The van der Waals surface area contributed by atoms with Gasteiger partial charge < -0.3 is 9.73 Å². The SMILES string of the molecule is CCc1cnc(CNc2cc(F)c(Cl)cc2[N+](=O)[O-])o1. The predicted molar refractivity (Wildman–Crippen MR) is 71.3 cm³/mol. The van der Waals surface area contributed by atoms with Crippen LogP contribution in [-0.2, 0) is 13.0 Å². The minimum atomic E-state index is -0.735. The second-order valence-corrected chi connectivity index (χ2v) is 4.38. The molecular formula is C12H11ClFN3O3. The summed E-state index contributed by atoms with van der Waals surface area (Å²) in [4.78, 5) is 14.3. The fourth-order valence-corrected chi connectivity index (χ4v) is 1.75. The van der Waals surface area contributed by atoms with Crippen molar-refractivity contribution in [3.05, 3.63) is 50.9 Å². The van der Waals surface area contributed by atoms with Gasteiger partial charge in [0.25, 0.3) is 5.69 Å². The summed E-state index contributed by atoms with van der Waals surface area (Å²) in [5, 5.41) is 13.3. The molecule has 0 spiro atoms. The molecule has 0 aliphatic rings. The van der Waals surface area contributed by atoms with E-state index in [9.17, 15) is 14.5 Å². The maximum absolute atomic E-state index is 13.4. The Bertz CT molecular complexity index is 645. The van der Waals surface area contributed by atoms with Crippen molar-refractivity contribution >= 4 is 23.0 Å². The van der Waals surface area contributed by atoms with Crippen LogP contribution in [-0.4, -0.2) is 9.91 Å². The number of oxazole rings is 1. The molecule has 8 heteroatoms. The lowest BCUT2D eigenvalue weighted by Crippen LogP contribution is -2.03. The van der Waals surface area contributed by atoms with Gasteiger partial charge in [-0.1, -0.05) is 18.5 Å². The summed E-state index contributed by atoms with van der Waals surface area (Å²) < 4.78 is 18.7. The van der Waals surface area contributed by atoms with Crippen LogP contribution >= 0.6 is 11.6 Å². The fourth-order valence-electron chi connectivity index (χ4n) is 1.59. The van der Waals surface area contributed by atoms with E-state index in [1.807, 2.05) is 6.92 Å². The van der Waals surface area contributed by atoms with Gasteiger partial charge in [-0.2, -0.15) is 0 Å². The zero-order valence-corrected chi connectivity index (χ0v) is 11.3. The highest BCUT2D eigenvalue weighted by atomic mass is 35.5. The Hall–Kier alpha value is -2.15. The normalized spacial score (nSPS) is 10.6. The summed E-state index contributed by atoms with van der Waals surface area (Å²) in [5.41, 5.74) is -0.285. The highest BCUT2D eigenvalue weighted by Gasteiger charge is 2.18. The lowest BCUT2D eigenvalue weighted by Gasteiger charge is -2.06. The lowest BCUT2D eigenvalue weighted by atomic mass is 10.2. The summed E-state index contributed by atoms with van der Waals surface area (Å²) >= 11 is 5.53. The van der Waals surface area contributed by atoms with Gasteiger partial charge in [0.15, 0.2) is 0 Å². The highest BCUT2D eigenvalue weighted by molar-refractivity contribution is 6.31. The molecule has 0 amide bonds. The van der Waals surface area contributed by atoms with E-state index in [4.69, 9.17) is 16.0 Å². The van der Waals surface area contributed by atoms with Gasteiger partial charge in [0.05, 0.1) is 22.7 Å². The van der Waals surface area contributed by atoms with Gasteiger partial charge in [0.2, 0.25) is 5.89 Å². The highest BCUT2D eigenvalue weighted by Crippen LogP contribution is 2.30. The van der Waals surface area contributed by atoms with Crippen molar-refractivity contribution in [1.82, 2.24) is 4.98 Å². The first kappa shape index (κ1) is 14.3. The van der Waals surface area contributed by atoms with Gasteiger partial charge in [-0.25, -0.2) is 9.37 Å². The zero-order valence-electron chi connectivity index (χ0n) is 10.5. The van der Waals surface area contributed by atoms with Gasteiger partial charge >= 0.3 is 0 Å². The molecule has 6 nitrogen and oxygen atoms in total. The van der Waals surface area contributed by atoms with Crippen LogP contribution in [0.5, 0.6) is 0 Å². The minimum absolute atomic E-state index is 0.0214. The van der Waals surface area contributed by atoms with Gasteiger partial charge in [0, 0.05) is 18.6 Å². The number of hydrogen-bond donors (Lipinski definition) is 1. The maximum Gasteiger partial charge on any atom is 0.294 e. The van der Waals surface area contributed by atoms with E-state index in [2.05, 4.69) is 10.3 Å². The topological polar surface area (TPSA) is 81.2 Å². The Morgan fingerprint density at radius 2 is 2.30 bits per heavy atom. The number of nitrogens with one attached hydrogen (secondary N) is 1. The summed E-state index contributed by atoms with van der Waals surface area (Å²) in [6, 6.07) is 1.94. The third-order valence-electron chi connectivity index (χ3n) is 2.62. The molecule has 2 aromatic rings. The molecule has 0 saturated heterocycles. The number of aryl methyl sites for hydroxylation is 1. The smallest absolute Gasteiger partial charge is 0.294 e. The monoisotopic (exact) mass is 299 g/mol. The van der Waals surface area contributed by atoms with Crippen LogP contribution in [0.3, 0.4) is 0 Å². The lowest BCUT2D eigenvalue weighted by molar-refractivity contribution is -0.384. The fraction of sp³-hybridized carbons (Fsp3) is 0.250. The van der Waals surface area contributed by atoms with Crippen molar-refractivity contribution < 1.29 is 13.7 Å². The van der Waals surface area contributed by atoms with Crippen LogP contribution in [0.25, 0.3) is 0 Å². The molecule has 0 atom stereocenters. The Kier molecular flexibility index (Phi) is 4.19. The van der Waals surface area contributed by atoms with Crippen molar-refractivity contribution in [3.63, 3.8) is 0 Å². The molecule has 0 aliphatic carbocycles. The molecule has 20 heavy (non-hydrogen) atoms. The number of nitro groups is 1. The second-order valence-electron chi connectivity index (χ2n) is 3.97. The standard InChI is InChI=1S/C12H11ClFN3O3/c1-2-7-5-16-12(20-7)6-15-10-4-9(14)8(13)3-11(10)17(18)19/h3-5,15H,2,6H2,1H3. The Balaban J connectivity index is 2.20. The summed E-state index contributed by atoms with van der Waals surface area (Å²) in [5.74, 6) is 0.339. The number of halogens is 2. The van der Waals surface area contributed by atoms with Crippen molar-refractivity contribution in [1.29, 1.82) is 0 Å². The first-order valence-electron chi connectivity index (χ1n) is 5.82. The van der Waals surface area contributed by atoms with Crippen LogP contribution in [0.1, 0.15) is 18.6 Å². The summed E-state index contributed by atoms with van der Waals surface area (Å²) in [6.45, 7) is 2.03. The molecule has 0 aliphatic heterocycles. The van der Waals surface area contributed by atoms with E-state index < -0.39 is 10.7 Å². The summed E-state index contributed by atoms with van der Waals surface area (Å²) in [6.07, 6.45) is 2.27. The number of rotatable bonds is 5. The van der Waals surface area contributed by atoms with Crippen LogP contribution in [0, 0.1) is 15.9 Å². The summed E-state index contributed by atoms with van der Waals surface area (Å²) in [7, 11) is 0. The molecule has 1 N–H and O–H groups in total. The zero-order chi connectivity index (χ0) is 14.7. The average Bonchev–Trinajstić information content (AvgIpc) is 2.87. The Labute approximate surface area is 118 Å². The van der Waals surface area contributed by atoms with Gasteiger partial charge in [-0.3, -0.25) is 10.1 Å². The van der Waals surface area contributed by atoms with E-state index in [1.165, 1.54) is 0 Å². The molecule has 1 aromatic heterocycles. The van der Waals surface area contributed by atoms with Crippen molar-refractivity contribution in [2.24, 2.45) is 0 Å². The van der Waals surface area contributed by atoms with Crippen LogP contribution in [0.4, 0.5) is 15.8 Å². The van der Waals surface area contributed by atoms with Gasteiger partial charge in [0.1, 0.15) is 17.3 Å². The van der Waals surface area contributed by atoms with Crippen molar-refractivity contribution in [3.8, 4) is 0 Å². The first-order valence-corrected chi connectivity index (χ1v) is 6.20. The predicted octanol–water partition coefficient (Wildman–Crippen LogP) is 3.55. The molecule has 0 unspecified atom stereocenters. The molecule has 2 rings (SSSR count). The van der Waals surface area contributed by atoms with E-state index in [-0.39, 0.29) is 22.9 Å². The number of benzene rings is 1. The molecule has 0 bridgehead atoms. The van der Waals surface area contributed by atoms with E-state index in [0.717, 1.165) is 12.1 Å². The van der Waals surface area contributed by atoms with E-state index in [1.54, 1.807) is 6.20 Å². The van der Waals surface area contributed by atoms with Crippen molar-refractivity contribution in [2.45, 2.75) is 19.9 Å². The number of nitro benzene ring substituents is 1. The maximum atomic E-state index is 13.4. The molecule has 1 heterocycles. The van der Waals surface area contributed by atoms with Crippen LogP contribution in [0.2, 0.25) is 5.02 Å². The van der Waals surface area contributed by atoms with Crippen molar-refractivity contribution in [2.75, 3.05) is 5.32 Å². The van der Waals surface area contributed by atoms with Gasteiger partial charge in [-0.15, -0.1) is 0 Å². The number of hydrogen-bond acceptors (Lipinski definition) is 5. The molecule has 106 valence electrons. The molecule has 0 fully saturated rings. The quantitative estimate of drug-likeness (QED) is 0.674. The third kappa shape index (κ3) is 3.05. The number of aromatic nitrogens is 1. The van der Waals surface area contributed by atoms with E-state index >= 15 is 0 Å². The van der Waals surface area contributed by atoms with Crippen LogP contribution in [0.15, 0.2) is 22.7 Å². The third-order valence-corrected chi connectivity index (χ3v) is 2.90. The largest absolute Gasteiger partial charge is 0.444 e. The molecule has 0 saturated carbocycles. The van der Waals surface area contributed by atoms with E-state index in [0.29, 0.717) is 18.1 Å². The molecule has 1 aromatic carbocycles. The number of nitrogens with zero attached hydrogens (tertiary/aromatic N) is 2.